The third-order valence-electron chi connectivity index (χ3n) is 4.48. The van der Waals surface area contributed by atoms with E-state index in [-0.39, 0.29) is 0 Å². The lowest BCUT2D eigenvalue weighted by Gasteiger charge is -2.26. The summed E-state index contributed by atoms with van der Waals surface area (Å²) in [4.78, 5) is 12.3. The van der Waals surface area contributed by atoms with Crippen molar-refractivity contribution in [2.75, 3.05) is 5.73 Å². The average molecular weight is 259 g/mol. The highest BCUT2D eigenvalue weighted by atomic mass is 16.1. The monoisotopic (exact) mass is 259 g/mol. The molecule has 1 aliphatic rings. The van der Waals surface area contributed by atoms with Crippen molar-refractivity contribution in [3.63, 3.8) is 0 Å². The number of nitrogens with two attached hydrogens (primary N) is 1. The topological polar surface area (TPSA) is 43.1 Å². The van der Waals surface area contributed by atoms with Gasteiger partial charge in [-0.25, -0.2) is 0 Å². The van der Waals surface area contributed by atoms with Crippen molar-refractivity contribution in [3.8, 4) is 0 Å². The molecule has 0 spiro atoms. The highest BCUT2D eigenvalue weighted by molar-refractivity contribution is 5.81. The molecule has 2 N–H and O–H groups in total. The number of hydrogen-bond donors (Lipinski definition) is 1. The highest BCUT2D eigenvalue weighted by Crippen LogP contribution is 2.31. The number of hydrogen-bond acceptors (Lipinski definition) is 2. The zero-order valence-corrected chi connectivity index (χ0v) is 12.1. The Bertz CT molecular complexity index is 415. The number of anilines is 1. The normalized spacial score (nSPS) is 24.9. The molecule has 1 saturated carbocycles. The summed E-state index contributed by atoms with van der Waals surface area (Å²) in [5.41, 5.74) is 7.69. The first-order valence-electron chi connectivity index (χ1n) is 7.44. The SMILES string of the molecule is CC1CCC(C(=O)CC(C)c2ccc(N)cc2)CC1. The second kappa shape index (κ2) is 6.23. The van der Waals surface area contributed by atoms with E-state index in [2.05, 4.69) is 13.8 Å². The second-order valence-electron chi connectivity index (χ2n) is 6.19. The van der Waals surface area contributed by atoms with Crippen LogP contribution in [0.25, 0.3) is 0 Å². The van der Waals surface area contributed by atoms with Gasteiger partial charge in [-0.1, -0.05) is 38.8 Å². The molecule has 0 saturated heterocycles. The van der Waals surface area contributed by atoms with E-state index in [1.54, 1.807) is 0 Å². The predicted molar refractivity (Wildman–Crippen MR) is 80.0 cm³/mol. The minimum absolute atomic E-state index is 0.299. The third kappa shape index (κ3) is 3.82. The number of nitrogen functional groups attached to an aromatic ring is 1. The number of rotatable bonds is 4. The van der Waals surface area contributed by atoms with Crippen molar-refractivity contribution in [2.24, 2.45) is 11.8 Å². The van der Waals surface area contributed by atoms with Gasteiger partial charge in [-0.2, -0.15) is 0 Å². The van der Waals surface area contributed by atoms with Crippen LogP contribution in [-0.2, 0) is 4.79 Å². The summed E-state index contributed by atoms with van der Waals surface area (Å²) in [6.07, 6.45) is 5.28. The Labute approximate surface area is 116 Å². The van der Waals surface area contributed by atoms with Crippen LogP contribution in [0.1, 0.15) is 57.4 Å². The van der Waals surface area contributed by atoms with Crippen LogP contribution < -0.4 is 5.73 Å². The summed E-state index contributed by atoms with van der Waals surface area (Å²) < 4.78 is 0. The quantitative estimate of drug-likeness (QED) is 0.825. The summed E-state index contributed by atoms with van der Waals surface area (Å²) in [6, 6.07) is 7.91. The van der Waals surface area contributed by atoms with Gasteiger partial charge in [0.2, 0.25) is 0 Å². The van der Waals surface area contributed by atoms with Gasteiger partial charge in [-0.15, -0.1) is 0 Å². The van der Waals surface area contributed by atoms with Crippen LogP contribution in [0.4, 0.5) is 5.69 Å². The molecule has 0 amide bonds. The average Bonchev–Trinajstić information content (AvgIpc) is 2.40. The van der Waals surface area contributed by atoms with Crippen molar-refractivity contribution < 1.29 is 4.79 Å². The molecule has 0 heterocycles. The largest absolute Gasteiger partial charge is 0.399 e. The van der Waals surface area contributed by atoms with Gasteiger partial charge in [0.25, 0.3) is 0 Å². The van der Waals surface area contributed by atoms with E-state index in [9.17, 15) is 4.79 Å². The zero-order valence-electron chi connectivity index (χ0n) is 12.1. The number of ketones is 1. The number of Topliss-reactive ketones (excluding diaryl/α,β-unsaturated/α-hetero) is 1. The summed E-state index contributed by atoms with van der Waals surface area (Å²) >= 11 is 0. The van der Waals surface area contributed by atoms with E-state index in [0.717, 1.165) is 24.4 Å². The first-order valence-corrected chi connectivity index (χ1v) is 7.44. The first kappa shape index (κ1) is 14.1. The summed E-state index contributed by atoms with van der Waals surface area (Å²) in [5.74, 6) is 1.87. The maximum atomic E-state index is 12.3. The Morgan fingerprint density at radius 3 is 2.37 bits per heavy atom. The van der Waals surface area contributed by atoms with E-state index in [4.69, 9.17) is 5.73 Å². The van der Waals surface area contributed by atoms with E-state index in [0.29, 0.717) is 24.0 Å². The zero-order chi connectivity index (χ0) is 13.8. The fourth-order valence-electron chi connectivity index (χ4n) is 2.99. The van der Waals surface area contributed by atoms with Crippen molar-refractivity contribution >= 4 is 11.5 Å². The maximum absolute atomic E-state index is 12.3. The number of carbonyl (C=O) groups excluding carboxylic acids is 1. The lowest BCUT2D eigenvalue weighted by Crippen LogP contribution is -2.22. The Balaban J connectivity index is 1.89. The molecule has 1 aliphatic carbocycles. The Hall–Kier alpha value is -1.31. The van der Waals surface area contributed by atoms with Gasteiger partial charge in [0.15, 0.2) is 0 Å². The second-order valence-corrected chi connectivity index (χ2v) is 6.19. The summed E-state index contributed by atoms with van der Waals surface area (Å²) in [5, 5.41) is 0. The molecular weight excluding hydrogens is 234 g/mol. The molecule has 1 unspecified atom stereocenters. The fraction of sp³-hybridized carbons (Fsp3) is 0.588. The van der Waals surface area contributed by atoms with Crippen molar-refractivity contribution in [1.29, 1.82) is 0 Å². The molecule has 0 radical (unpaired) electrons. The van der Waals surface area contributed by atoms with Crippen LogP contribution in [0.15, 0.2) is 24.3 Å². The van der Waals surface area contributed by atoms with Gasteiger partial charge in [0.05, 0.1) is 0 Å². The van der Waals surface area contributed by atoms with Gasteiger partial charge in [0.1, 0.15) is 5.78 Å². The molecule has 1 aromatic carbocycles. The van der Waals surface area contributed by atoms with Gasteiger partial charge in [-0.05, 0) is 42.4 Å². The lowest BCUT2D eigenvalue weighted by molar-refractivity contribution is -0.124. The van der Waals surface area contributed by atoms with Gasteiger partial charge in [0, 0.05) is 18.0 Å². The minimum Gasteiger partial charge on any atom is -0.399 e. The molecule has 104 valence electrons. The highest BCUT2D eigenvalue weighted by Gasteiger charge is 2.25. The molecule has 2 nitrogen and oxygen atoms in total. The molecule has 19 heavy (non-hydrogen) atoms. The van der Waals surface area contributed by atoms with E-state index < -0.39 is 0 Å². The van der Waals surface area contributed by atoms with Crippen LogP contribution in [0.3, 0.4) is 0 Å². The van der Waals surface area contributed by atoms with Gasteiger partial charge >= 0.3 is 0 Å². The van der Waals surface area contributed by atoms with Crippen LogP contribution in [0.2, 0.25) is 0 Å². The first-order chi connectivity index (χ1) is 9.06. The summed E-state index contributed by atoms with van der Waals surface area (Å²) in [6.45, 7) is 4.42. The van der Waals surface area contributed by atoms with E-state index in [1.807, 2.05) is 24.3 Å². The van der Waals surface area contributed by atoms with Crippen LogP contribution in [0.5, 0.6) is 0 Å². The number of carbonyl (C=O) groups is 1. The molecule has 0 bridgehead atoms. The van der Waals surface area contributed by atoms with E-state index in [1.165, 1.54) is 18.4 Å². The molecule has 0 aliphatic heterocycles. The van der Waals surface area contributed by atoms with E-state index >= 15 is 0 Å². The van der Waals surface area contributed by atoms with Crippen molar-refractivity contribution in [2.45, 2.75) is 51.9 Å². The van der Waals surface area contributed by atoms with Crippen molar-refractivity contribution in [3.05, 3.63) is 29.8 Å². The molecule has 0 aromatic heterocycles. The predicted octanol–water partition coefficient (Wildman–Crippen LogP) is 4.16. The van der Waals surface area contributed by atoms with Crippen LogP contribution in [-0.4, -0.2) is 5.78 Å². The maximum Gasteiger partial charge on any atom is 0.136 e. The Kier molecular flexibility index (Phi) is 4.62. The lowest BCUT2D eigenvalue weighted by atomic mass is 9.78. The van der Waals surface area contributed by atoms with Crippen LogP contribution in [0, 0.1) is 11.8 Å². The molecule has 2 rings (SSSR count). The number of benzene rings is 1. The summed E-state index contributed by atoms with van der Waals surface area (Å²) in [7, 11) is 0. The minimum atomic E-state index is 0.299. The Morgan fingerprint density at radius 2 is 1.79 bits per heavy atom. The Morgan fingerprint density at radius 1 is 1.21 bits per heavy atom. The molecular formula is C17H25NO. The van der Waals surface area contributed by atoms with Gasteiger partial charge in [-0.3, -0.25) is 4.79 Å². The fourth-order valence-corrected chi connectivity index (χ4v) is 2.99. The molecule has 2 heteroatoms. The standard InChI is InChI=1S/C17H25NO/c1-12-3-5-15(6-4-12)17(19)11-13(2)14-7-9-16(18)10-8-14/h7-10,12-13,15H,3-6,11,18H2,1-2H3. The van der Waals surface area contributed by atoms with Crippen LogP contribution >= 0.6 is 0 Å². The smallest absolute Gasteiger partial charge is 0.136 e. The third-order valence-corrected chi connectivity index (χ3v) is 4.48. The molecule has 1 atom stereocenters. The van der Waals surface area contributed by atoms with Gasteiger partial charge < -0.3 is 5.73 Å². The van der Waals surface area contributed by atoms with Crippen molar-refractivity contribution in [1.82, 2.24) is 0 Å². The molecule has 1 fully saturated rings. The molecule has 1 aromatic rings.